The number of carbonyl (C=O) groups is 1. The summed E-state index contributed by atoms with van der Waals surface area (Å²) in [6.45, 7) is 4.33. The molecule has 0 amide bonds. The molecular formula is C19H28O3. The Balaban J connectivity index is 1.70. The van der Waals surface area contributed by atoms with E-state index in [-0.39, 0.29) is 6.10 Å². The van der Waals surface area contributed by atoms with Crippen molar-refractivity contribution in [2.75, 3.05) is 0 Å². The molecule has 0 bridgehead atoms. The quantitative estimate of drug-likeness (QED) is 0.520. The summed E-state index contributed by atoms with van der Waals surface area (Å²) in [5.41, 5.74) is 1.76. The first-order valence-corrected chi connectivity index (χ1v) is 8.69. The third-order valence-electron chi connectivity index (χ3n) is 4.62. The van der Waals surface area contributed by atoms with Gasteiger partial charge in [0.1, 0.15) is 6.10 Å². The lowest BCUT2D eigenvalue weighted by Crippen LogP contribution is -2.23. The van der Waals surface area contributed by atoms with Gasteiger partial charge in [-0.25, -0.2) is 4.79 Å². The summed E-state index contributed by atoms with van der Waals surface area (Å²) in [5, 5.41) is 0. The summed E-state index contributed by atoms with van der Waals surface area (Å²) in [4.78, 5) is 22.3. The predicted molar refractivity (Wildman–Crippen MR) is 87.6 cm³/mol. The van der Waals surface area contributed by atoms with Crippen LogP contribution in [-0.2, 0) is 16.2 Å². The minimum atomic E-state index is -0.393. The van der Waals surface area contributed by atoms with Crippen LogP contribution in [0.25, 0.3) is 0 Å². The van der Waals surface area contributed by atoms with E-state index in [4.69, 9.17) is 9.78 Å². The van der Waals surface area contributed by atoms with E-state index in [1.807, 2.05) is 12.1 Å². The van der Waals surface area contributed by atoms with Crippen LogP contribution in [0.2, 0.25) is 0 Å². The van der Waals surface area contributed by atoms with Crippen molar-refractivity contribution in [2.24, 2.45) is 5.92 Å². The molecule has 0 unspecified atom stereocenters. The summed E-state index contributed by atoms with van der Waals surface area (Å²) in [5.74, 6) is 0.438. The Hall–Kier alpha value is -1.35. The topological polar surface area (TPSA) is 35.5 Å². The van der Waals surface area contributed by atoms with Gasteiger partial charge in [0.25, 0.3) is 0 Å². The van der Waals surface area contributed by atoms with Gasteiger partial charge in [-0.2, -0.15) is 4.89 Å². The molecule has 1 aromatic carbocycles. The van der Waals surface area contributed by atoms with Gasteiger partial charge in [-0.05, 0) is 55.7 Å². The molecule has 0 radical (unpaired) electrons. The van der Waals surface area contributed by atoms with E-state index < -0.39 is 5.97 Å². The zero-order chi connectivity index (χ0) is 15.8. The van der Waals surface area contributed by atoms with E-state index in [9.17, 15) is 4.79 Å². The first-order valence-electron chi connectivity index (χ1n) is 8.69. The van der Waals surface area contributed by atoms with Crippen LogP contribution in [0.5, 0.6) is 0 Å². The van der Waals surface area contributed by atoms with Crippen molar-refractivity contribution in [3.8, 4) is 0 Å². The fourth-order valence-electron chi connectivity index (χ4n) is 3.05. The Kier molecular flexibility index (Phi) is 6.91. The highest BCUT2D eigenvalue weighted by molar-refractivity contribution is 5.88. The molecule has 0 N–H and O–H groups in total. The molecule has 2 rings (SSSR count). The first kappa shape index (κ1) is 17.0. The number of aryl methyl sites for hydroxylation is 1. The second-order valence-corrected chi connectivity index (χ2v) is 6.30. The molecule has 0 heterocycles. The Labute approximate surface area is 133 Å². The second kappa shape index (κ2) is 8.94. The molecule has 1 aromatic rings. The average molecular weight is 304 g/mol. The summed E-state index contributed by atoms with van der Waals surface area (Å²) >= 11 is 0. The number of rotatable bonds is 7. The van der Waals surface area contributed by atoms with Crippen LogP contribution in [0, 0.1) is 5.92 Å². The molecular weight excluding hydrogens is 276 g/mol. The van der Waals surface area contributed by atoms with Crippen molar-refractivity contribution in [1.82, 2.24) is 0 Å². The van der Waals surface area contributed by atoms with E-state index in [0.717, 1.165) is 25.2 Å². The molecule has 0 aromatic heterocycles. The minimum absolute atomic E-state index is 0.0664. The van der Waals surface area contributed by atoms with E-state index >= 15 is 0 Å². The lowest BCUT2D eigenvalue weighted by atomic mass is 9.84. The van der Waals surface area contributed by atoms with Gasteiger partial charge in [0.15, 0.2) is 0 Å². The van der Waals surface area contributed by atoms with E-state index in [1.165, 1.54) is 37.7 Å². The van der Waals surface area contributed by atoms with E-state index in [1.54, 1.807) is 12.1 Å². The van der Waals surface area contributed by atoms with Gasteiger partial charge in [0.05, 0.1) is 5.56 Å². The molecule has 0 atom stereocenters. The van der Waals surface area contributed by atoms with Gasteiger partial charge in [-0.3, -0.25) is 4.89 Å². The maximum absolute atomic E-state index is 11.9. The molecule has 1 aliphatic carbocycles. The highest BCUT2D eigenvalue weighted by Gasteiger charge is 2.23. The molecule has 1 fully saturated rings. The van der Waals surface area contributed by atoms with Gasteiger partial charge in [-0.1, -0.05) is 45.2 Å². The smallest absolute Gasteiger partial charge is 0.293 e. The van der Waals surface area contributed by atoms with E-state index in [0.29, 0.717) is 5.56 Å². The highest BCUT2D eigenvalue weighted by atomic mass is 17.2. The Morgan fingerprint density at radius 2 is 1.77 bits per heavy atom. The highest BCUT2D eigenvalue weighted by Crippen LogP contribution is 2.29. The normalized spacial score (nSPS) is 21.5. The molecule has 1 aliphatic rings. The maximum Gasteiger partial charge on any atom is 0.373 e. The predicted octanol–water partition coefficient (Wildman–Crippen LogP) is 5.09. The standard InChI is InChI=1S/C19H28O3/c1-3-5-6-16-9-13-18(14-10-16)21-22-19(20)17-11-7-15(4-2)8-12-17/h7-8,11-12,16,18H,3-6,9-10,13-14H2,1-2H3. The number of hydrogen-bond acceptors (Lipinski definition) is 3. The van der Waals surface area contributed by atoms with Crippen molar-refractivity contribution >= 4 is 5.97 Å². The van der Waals surface area contributed by atoms with Crippen LogP contribution in [0.4, 0.5) is 0 Å². The lowest BCUT2D eigenvalue weighted by Gasteiger charge is -2.27. The zero-order valence-electron chi connectivity index (χ0n) is 13.8. The molecule has 0 saturated heterocycles. The van der Waals surface area contributed by atoms with Crippen molar-refractivity contribution in [3.63, 3.8) is 0 Å². The zero-order valence-corrected chi connectivity index (χ0v) is 13.8. The summed E-state index contributed by atoms with van der Waals surface area (Å²) in [6, 6.07) is 7.50. The second-order valence-electron chi connectivity index (χ2n) is 6.30. The first-order chi connectivity index (χ1) is 10.7. The van der Waals surface area contributed by atoms with Crippen LogP contribution >= 0.6 is 0 Å². The minimum Gasteiger partial charge on any atom is -0.293 e. The van der Waals surface area contributed by atoms with Crippen LogP contribution in [0.15, 0.2) is 24.3 Å². The van der Waals surface area contributed by atoms with Gasteiger partial charge in [-0.15, -0.1) is 0 Å². The third kappa shape index (κ3) is 5.13. The summed E-state index contributed by atoms with van der Waals surface area (Å²) < 4.78 is 0. The fraction of sp³-hybridized carbons (Fsp3) is 0.632. The molecule has 3 nitrogen and oxygen atoms in total. The average Bonchev–Trinajstić information content (AvgIpc) is 2.58. The van der Waals surface area contributed by atoms with Gasteiger partial charge in [0.2, 0.25) is 0 Å². The largest absolute Gasteiger partial charge is 0.373 e. The molecule has 0 aliphatic heterocycles. The SMILES string of the molecule is CCCCC1CCC(OOC(=O)c2ccc(CC)cc2)CC1. The Morgan fingerprint density at radius 3 is 2.36 bits per heavy atom. The van der Waals surface area contributed by atoms with Crippen LogP contribution in [0.1, 0.15) is 74.7 Å². The van der Waals surface area contributed by atoms with Crippen LogP contribution in [-0.4, -0.2) is 12.1 Å². The number of benzene rings is 1. The van der Waals surface area contributed by atoms with E-state index in [2.05, 4.69) is 13.8 Å². The lowest BCUT2D eigenvalue weighted by molar-refractivity contribution is -0.280. The molecule has 1 saturated carbocycles. The number of carbonyl (C=O) groups excluding carboxylic acids is 1. The van der Waals surface area contributed by atoms with Gasteiger partial charge >= 0.3 is 5.97 Å². The van der Waals surface area contributed by atoms with Gasteiger partial charge < -0.3 is 0 Å². The Morgan fingerprint density at radius 1 is 1.09 bits per heavy atom. The summed E-state index contributed by atoms with van der Waals surface area (Å²) in [6.07, 6.45) is 9.31. The fourth-order valence-corrected chi connectivity index (χ4v) is 3.05. The van der Waals surface area contributed by atoms with Crippen molar-refractivity contribution in [1.29, 1.82) is 0 Å². The number of hydrogen-bond donors (Lipinski definition) is 0. The molecule has 22 heavy (non-hydrogen) atoms. The molecule has 0 spiro atoms. The van der Waals surface area contributed by atoms with Gasteiger partial charge in [0, 0.05) is 0 Å². The van der Waals surface area contributed by atoms with Crippen LogP contribution in [0.3, 0.4) is 0 Å². The van der Waals surface area contributed by atoms with Crippen molar-refractivity contribution in [2.45, 2.75) is 71.3 Å². The summed E-state index contributed by atoms with van der Waals surface area (Å²) in [7, 11) is 0. The third-order valence-corrected chi connectivity index (χ3v) is 4.62. The van der Waals surface area contributed by atoms with Crippen LogP contribution < -0.4 is 0 Å². The maximum atomic E-state index is 11.9. The van der Waals surface area contributed by atoms with Crippen molar-refractivity contribution in [3.05, 3.63) is 35.4 Å². The molecule has 3 heteroatoms. The van der Waals surface area contributed by atoms with Crippen molar-refractivity contribution < 1.29 is 14.6 Å². The molecule has 122 valence electrons. The monoisotopic (exact) mass is 304 g/mol. The number of unbranched alkanes of at least 4 members (excludes halogenated alkanes) is 1. The Bertz CT molecular complexity index is 444.